The monoisotopic (exact) mass is 396 g/mol. The SMILES string of the molecule is Cc1ccccc1NC(=O)[C@@]1(C)CC(C#N)N(C(=O)CNC(=O)C2(C=O)CC2)C1. The number of carbonyl (C=O) groups is 4. The number of amides is 3. The molecule has 0 aromatic heterocycles. The average Bonchev–Trinajstić information content (AvgIpc) is 3.44. The van der Waals surface area contributed by atoms with Gasteiger partial charge in [0.1, 0.15) is 17.7 Å². The van der Waals surface area contributed by atoms with Gasteiger partial charge in [-0.15, -0.1) is 0 Å². The number of hydrogen-bond acceptors (Lipinski definition) is 5. The van der Waals surface area contributed by atoms with Crippen molar-refractivity contribution in [2.24, 2.45) is 10.8 Å². The van der Waals surface area contributed by atoms with Gasteiger partial charge in [0, 0.05) is 12.2 Å². The van der Waals surface area contributed by atoms with Crippen molar-refractivity contribution < 1.29 is 19.2 Å². The van der Waals surface area contributed by atoms with Gasteiger partial charge in [-0.05, 0) is 44.7 Å². The third-order valence-corrected chi connectivity index (χ3v) is 5.82. The van der Waals surface area contributed by atoms with E-state index < -0.39 is 28.7 Å². The number of likely N-dealkylation sites (tertiary alicyclic amines) is 1. The van der Waals surface area contributed by atoms with Crippen molar-refractivity contribution >= 4 is 29.7 Å². The fraction of sp³-hybridized carbons (Fsp3) is 0.476. The van der Waals surface area contributed by atoms with E-state index in [9.17, 15) is 24.4 Å². The first-order valence-electron chi connectivity index (χ1n) is 9.55. The summed E-state index contributed by atoms with van der Waals surface area (Å²) in [5, 5.41) is 14.9. The summed E-state index contributed by atoms with van der Waals surface area (Å²) in [5.41, 5.74) is -0.322. The number of nitrogens with one attached hydrogen (secondary N) is 2. The van der Waals surface area contributed by atoms with Crippen molar-refractivity contribution in [2.45, 2.75) is 39.2 Å². The summed E-state index contributed by atoms with van der Waals surface area (Å²) in [7, 11) is 0. The van der Waals surface area contributed by atoms with Crippen LogP contribution >= 0.6 is 0 Å². The molecule has 1 aliphatic carbocycles. The summed E-state index contributed by atoms with van der Waals surface area (Å²) < 4.78 is 0. The molecule has 2 N–H and O–H groups in total. The van der Waals surface area contributed by atoms with Crippen LogP contribution in [0.5, 0.6) is 0 Å². The van der Waals surface area contributed by atoms with Crippen LogP contribution in [0.3, 0.4) is 0 Å². The number of anilines is 1. The maximum atomic E-state index is 12.9. The third-order valence-electron chi connectivity index (χ3n) is 5.82. The molecule has 1 saturated heterocycles. The highest BCUT2D eigenvalue weighted by atomic mass is 16.2. The molecule has 29 heavy (non-hydrogen) atoms. The zero-order chi connectivity index (χ0) is 21.2. The van der Waals surface area contributed by atoms with E-state index in [-0.39, 0.29) is 25.4 Å². The molecule has 1 aliphatic heterocycles. The van der Waals surface area contributed by atoms with E-state index in [1.54, 1.807) is 13.0 Å². The third kappa shape index (κ3) is 3.99. The number of benzene rings is 1. The normalized spacial score (nSPS) is 24.3. The quantitative estimate of drug-likeness (QED) is 0.552. The Balaban J connectivity index is 1.65. The molecule has 0 radical (unpaired) electrons. The van der Waals surface area contributed by atoms with Gasteiger partial charge >= 0.3 is 0 Å². The summed E-state index contributed by atoms with van der Waals surface area (Å²) in [6, 6.07) is 8.70. The molecule has 3 rings (SSSR count). The van der Waals surface area contributed by atoms with Crippen LogP contribution in [-0.2, 0) is 19.2 Å². The van der Waals surface area contributed by atoms with Crippen molar-refractivity contribution in [3.8, 4) is 6.07 Å². The van der Waals surface area contributed by atoms with Gasteiger partial charge in [0.25, 0.3) is 0 Å². The Labute approximate surface area is 169 Å². The largest absolute Gasteiger partial charge is 0.346 e. The van der Waals surface area contributed by atoms with Gasteiger partial charge in [-0.25, -0.2) is 0 Å². The van der Waals surface area contributed by atoms with Gasteiger partial charge in [-0.2, -0.15) is 5.26 Å². The molecule has 1 unspecified atom stereocenters. The fourth-order valence-corrected chi connectivity index (χ4v) is 3.58. The van der Waals surface area contributed by atoms with Crippen molar-refractivity contribution in [3.63, 3.8) is 0 Å². The number of nitrogens with zero attached hydrogens (tertiary/aromatic N) is 2. The van der Waals surface area contributed by atoms with Crippen molar-refractivity contribution in [3.05, 3.63) is 29.8 Å². The molecule has 2 aliphatic rings. The second-order valence-electron chi connectivity index (χ2n) is 8.16. The summed E-state index contributed by atoms with van der Waals surface area (Å²) in [6.45, 7) is 3.39. The van der Waals surface area contributed by atoms with Gasteiger partial charge in [0.15, 0.2) is 0 Å². The predicted octanol–water partition coefficient (Wildman–Crippen LogP) is 1.16. The van der Waals surface area contributed by atoms with Gasteiger partial charge in [-0.1, -0.05) is 18.2 Å². The molecule has 2 fully saturated rings. The topological polar surface area (TPSA) is 119 Å². The maximum absolute atomic E-state index is 12.9. The van der Waals surface area contributed by atoms with Crippen molar-refractivity contribution in [1.82, 2.24) is 10.2 Å². The molecule has 1 aromatic rings. The van der Waals surface area contributed by atoms with Gasteiger partial charge in [0.2, 0.25) is 17.7 Å². The number of rotatable bonds is 6. The summed E-state index contributed by atoms with van der Waals surface area (Å²) in [5.74, 6) is -1.17. The lowest BCUT2D eigenvalue weighted by Gasteiger charge is -2.24. The average molecular weight is 396 g/mol. The molecule has 0 bridgehead atoms. The number of nitriles is 1. The van der Waals surface area contributed by atoms with E-state index in [2.05, 4.69) is 16.7 Å². The zero-order valence-corrected chi connectivity index (χ0v) is 16.5. The lowest BCUT2D eigenvalue weighted by molar-refractivity contribution is -0.136. The molecule has 2 atom stereocenters. The number of aryl methyl sites for hydroxylation is 1. The highest BCUT2D eigenvalue weighted by Crippen LogP contribution is 2.43. The summed E-state index contributed by atoms with van der Waals surface area (Å²) >= 11 is 0. The van der Waals surface area contributed by atoms with Crippen LogP contribution in [0.15, 0.2) is 24.3 Å². The number of carbonyl (C=O) groups excluding carboxylic acids is 4. The smallest absolute Gasteiger partial charge is 0.243 e. The molecule has 8 heteroatoms. The van der Waals surface area contributed by atoms with E-state index in [1.807, 2.05) is 25.1 Å². The lowest BCUT2D eigenvalue weighted by Crippen LogP contribution is -2.45. The Hall–Kier alpha value is -3.21. The van der Waals surface area contributed by atoms with Crippen LogP contribution in [0.1, 0.15) is 31.7 Å². The van der Waals surface area contributed by atoms with Crippen LogP contribution in [0.25, 0.3) is 0 Å². The van der Waals surface area contributed by atoms with E-state index in [4.69, 9.17) is 0 Å². The molecule has 152 valence electrons. The number of aldehydes is 1. The van der Waals surface area contributed by atoms with Crippen LogP contribution in [0, 0.1) is 29.1 Å². The Kier molecular flexibility index (Phi) is 5.42. The van der Waals surface area contributed by atoms with Gasteiger partial charge < -0.3 is 20.3 Å². The van der Waals surface area contributed by atoms with Crippen LogP contribution in [0.2, 0.25) is 0 Å². The van der Waals surface area contributed by atoms with Crippen molar-refractivity contribution in [1.29, 1.82) is 5.26 Å². The molecule has 8 nitrogen and oxygen atoms in total. The Morgan fingerprint density at radius 2 is 1.97 bits per heavy atom. The first-order valence-corrected chi connectivity index (χ1v) is 9.55. The van der Waals surface area contributed by atoms with E-state index in [1.165, 1.54) is 4.90 Å². The second kappa shape index (κ2) is 7.66. The first-order chi connectivity index (χ1) is 13.7. The molecule has 1 aromatic carbocycles. The minimum absolute atomic E-state index is 0.0798. The Morgan fingerprint density at radius 1 is 1.28 bits per heavy atom. The molecule has 1 heterocycles. The number of para-hydroxylation sites is 1. The molecular formula is C21H24N4O4. The standard InChI is InChI=1S/C21H24N4O4/c1-14-5-3-4-6-16(14)24-18(28)20(2)9-15(10-22)25(12-20)17(27)11-23-19(29)21(13-26)7-8-21/h3-6,13,15H,7-9,11-12H2,1-2H3,(H,23,29)(H,24,28)/t15?,20-/m0/s1. The summed E-state index contributed by atoms with van der Waals surface area (Å²) in [6.07, 6.45) is 1.79. The first kappa shape index (κ1) is 20.5. The van der Waals surface area contributed by atoms with E-state index >= 15 is 0 Å². The fourth-order valence-electron chi connectivity index (χ4n) is 3.58. The van der Waals surface area contributed by atoms with Crippen molar-refractivity contribution in [2.75, 3.05) is 18.4 Å². The van der Waals surface area contributed by atoms with Crippen LogP contribution in [0.4, 0.5) is 5.69 Å². The molecular weight excluding hydrogens is 372 g/mol. The van der Waals surface area contributed by atoms with E-state index in [0.717, 1.165) is 5.56 Å². The van der Waals surface area contributed by atoms with E-state index in [0.29, 0.717) is 24.8 Å². The van der Waals surface area contributed by atoms with Crippen LogP contribution < -0.4 is 10.6 Å². The number of hydrogen-bond donors (Lipinski definition) is 2. The van der Waals surface area contributed by atoms with Crippen LogP contribution in [-0.4, -0.2) is 48.0 Å². The molecule has 3 amide bonds. The molecule has 0 spiro atoms. The second-order valence-corrected chi connectivity index (χ2v) is 8.16. The minimum atomic E-state index is -0.998. The minimum Gasteiger partial charge on any atom is -0.346 e. The lowest BCUT2D eigenvalue weighted by atomic mass is 9.87. The highest BCUT2D eigenvalue weighted by molar-refractivity contribution is 6.01. The predicted molar refractivity (Wildman–Crippen MR) is 104 cm³/mol. The highest BCUT2D eigenvalue weighted by Gasteiger charge is 2.51. The van der Waals surface area contributed by atoms with Gasteiger partial charge in [0.05, 0.1) is 18.0 Å². The molecule has 1 saturated carbocycles. The maximum Gasteiger partial charge on any atom is 0.243 e. The zero-order valence-electron chi connectivity index (χ0n) is 16.5. The Bertz CT molecular complexity index is 902. The van der Waals surface area contributed by atoms with Gasteiger partial charge in [-0.3, -0.25) is 14.4 Å². The summed E-state index contributed by atoms with van der Waals surface area (Å²) in [4.78, 5) is 49.9. The Morgan fingerprint density at radius 3 is 2.55 bits per heavy atom.